The lowest BCUT2D eigenvalue weighted by molar-refractivity contribution is 0.317. The van der Waals surface area contributed by atoms with Gasteiger partial charge in [0.25, 0.3) is 0 Å². The number of amidine groups is 1. The Hall–Kier alpha value is -3.08. The Morgan fingerprint density at radius 2 is 1.96 bits per heavy atom. The summed E-state index contributed by atoms with van der Waals surface area (Å²) >= 11 is 0. The molecule has 1 heterocycles. The van der Waals surface area contributed by atoms with Gasteiger partial charge in [0.1, 0.15) is 17.4 Å². The minimum atomic E-state index is 0.0824. The highest BCUT2D eigenvalue weighted by atomic mass is 16.5. The molecule has 0 bridgehead atoms. The lowest BCUT2D eigenvalue weighted by Crippen LogP contribution is -2.12. The fourth-order valence-electron chi connectivity index (χ4n) is 2.52. The van der Waals surface area contributed by atoms with Crippen LogP contribution in [0.25, 0.3) is 0 Å². The van der Waals surface area contributed by atoms with Crippen molar-refractivity contribution in [2.75, 3.05) is 6.61 Å². The molecule has 0 fully saturated rings. The molecular formula is C19H20N4O. The van der Waals surface area contributed by atoms with Gasteiger partial charge in [0, 0.05) is 30.9 Å². The third-order valence-corrected chi connectivity index (χ3v) is 3.73. The first-order chi connectivity index (χ1) is 11.7. The fourth-order valence-corrected chi connectivity index (χ4v) is 2.52. The molecule has 3 aromatic rings. The summed E-state index contributed by atoms with van der Waals surface area (Å²) in [5.74, 6) is 1.92. The Kier molecular flexibility index (Phi) is 4.91. The van der Waals surface area contributed by atoms with E-state index in [-0.39, 0.29) is 5.84 Å². The standard InChI is InChI=1S/C19H20N4O/c20-19(21)16-6-4-5-15(13-16)14-23-11-10-22-18(23)9-12-24-17-7-2-1-3-8-17/h1-8,10-11,13H,9,12,14H2,(H3,20,21). The Morgan fingerprint density at radius 3 is 2.75 bits per heavy atom. The lowest BCUT2D eigenvalue weighted by Gasteiger charge is -2.10. The molecule has 0 atom stereocenters. The molecule has 0 aliphatic heterocycles. The second kappa shape index (κ2) is 7.46. The fraction of sp³-hybridized carbons (Fsp3) is 0.158. The second-order valence-electron chi connectivity index (χ2n) is 5.50. The minimum absolute atomic E-state index is 0.0824. The van der Waals surface area contributed by atoms with Gasteiger partial charge in [-0.1, -0.05) is 36.4 Å². The Balaban J connectivity index is 1.63. The molecule has 0 amide bonds. The van der Waals surface area contributed by atoms with Gasteiger partial charge >= 0.3 is 0 Å². The van der Waals surface area contributed by atoms with Crippen molar-refractivity contribution in [2.45, 2.75) is 13.0 Å². The van der Waals surface area contributed by atoms with Crippen molar-refractivity contribution in [3.63, 3.8) is 0 Å². The molecule has 0 saturated carbocycles. The van der Waals surface area contributed by atoms with Gasteiger partial charge in [-0.05, 0) is 23.8 Å². The average Bonchev–Trinajstić information content (AvgIpc) is 3.03. The highest BCUT2D eigenvalue weighted by Gasteiger charge is 2.05. The van der Waals surface area contributed by atoms with Gasteiger partial charge in [0.05, 0.1) is 6.61 Å². The van der Waals surface area contributed by atoms with Gasteiger partial charge in [-0.15, -0.1) is 0 Å². The monoisotopic (exact) mass is 320 g/mol. The average molecular weight is 320 g/mol. The lowest BCUT2D eigenvalue weighted by atomic mass is 10.1. The number of para-hydroxylation sites is 1. The van der Waals surface area contributed by atoms with E-state index in [2.05, 4.69) is 9.55 Å². The normalized spacial score (nSPS) is 10.5. The number of aromatic nitrogens is 2. The molecule has 0 unspecified atom stereocenters. The number of ether oxygens (including phenoxy) is 1. The number of nitrogens with zero attached hydrogens (tertiary/aromatic N) is 2. The quantitative estimate of drug-likeness (QED) is 0.519. The molecule has 0 radical (unpaired) electrons. The van der Waals surface area contributed by atoms with Crippen LogP contribution in [0, 0.1) is 5.41 Å². The maximum absolute atomic E-state index is 7.54. The molecule has 0 saturated heterocycles. The number of hydrogen-bond donors (Lipinski definition) is 2. The van der Waals surface area contributed by atoms with Crippen molar-refractivity contribution >= 4 is 5.84 Å². The van der Waals surface area contributed by atoms with Crippen LogP contribution in [0.2, 0.25) is 0 Å². The molecule has 24 heavy (non-hydrogen) atoms. The predicted molar refractivity (Wildman–Crippen MR) is 94.4 cm³/mol. The largest absolute Gasteiger partial charge is 0.493 e. The first-order valence-corrected chi connectivity index (χ1v) is 7.83. The van der Waals surface area contributed by atoms with Crippen LogP contribution < -0.4 is 10.5 Å². The molecule has 1 aromatic heterocycles. The van der Waals surface area contributed by atoms with E-state index in [9.17, 15) is 0 Å². The van der Waals surface area contributed by atoms with E-state index in [0.717, 1.165) is 29.1 Å². The Morgan fingerprint density at radius 1 is 1.12 bits per heavy atom. The molecule has 2 aromatic carbocycles. The van der Waals surface area contributed by atoms with Crippen LogP contribution in [0.5, 0.6) is 5.75 Å². The van der Waals surface area contributed by atoms with Crippen LogP contribution in [-0.4, -0.2) is 22.0 Å². The van der Waals surface area contributed by atoms with E-state index in [4.69, 9.17) is 15.9 Å². The second-order valence-corrected chi connectivity index (χ2v) is 5.50. The van der Waals surface area contributed by atoms with Gasteiger partial charge in [-0.3, -0.25) is 5.41 Å². The summed E-state index contributed by atoms with van der Waals surface area (Å²) in [6.07, 6.45) is 4.49. The first kappa shape index (κ1) is 15.8. The van der Waals surface area contributed by atoms with Gasteiger partial charge < -0.3 is 15.0 Å². The zero-order valence-corrected chi connectivity index (χ0v) is 13.4. The van der Waals surface area contributed by atoms with E-state index in [1.54, 1.807) is 6.20 Å². The summed E-state index contributed by atoms with van der Waals surface area (Å²) in [4.78, 5) is 4.42. The van der Waals surface area contributed by atoms with E-state index in [1.165, 1.54) is 0 Å². The SMILES string of the molecule is N=C(N)c1cccc(Cn2ccnc2CCOc2ccccc2)c1. The van der Waals surface area contributed by atoms with Gasteiger partial charge in [-0.2, -0.15) is 0 Å². The zero-order chi connectivity index (χ0) is 16.8. The summed E-state index contributed by atoms with van der Waals surface area (Å²) < 4.78 is 7.83. The van der Waals surface area contributed by atoms with Crippen LogP contribution in [-0.2, 0) is 13.0 Å². The Labute approximate surface area is 141 Å². The molecule has 3 N–H and O–H groups in total. The summed E-state index contributed by atoms with van der Waals surface area (Å²) in [6, 6.07) is 17.5. The Bertz CT molecular complexity index is 811. The number of imidazole rings is 1. The molecular weight excluding hydrogens is 300 g/mol. The number of hydrogen-bond acceptors (Lipinski definition) is 3. The number of rotatable bonds is 7. The van der Waals surface area contributed by atoms with E-state index < -0.39 is 0 Å². The molecule has 5 heteroatoms. The van der Waals surface area contributed by atoms with Gasteiger partial charge in [0.15, 0.2) is 0 Å². The number of nitrogen functional groups attached to an aromatic ring is 1. The summed E-state index contributed by atoms with van der Waals surface area (Å²) in [6.45, 7) is 1.27. The van der Waals surface area contributed by atoms with Crippen LogP contribution in [0.15, 0.2) is 67.0 Å². The van der Waals surface area contributed by atoms with Crippen molar-refractivity contribution in [1.29, 1.82) is 5.41 Å². The van der Waals surface area contributed by atoms with Crippen LogP contribution in [0.3, 0.4) is 0 Å². The predicted octanol–water partition coefficient (Wildman–Crippen LogP) is 2.84. The van der Waals surface area contributed by atoms with Crippen molar-refractivity contribution in [3.8, 4) is 5.75 Å². The van der Waals surface area contributed by atoms with E-state index in [0.29, 0.717) is 13.2 Å². The number of benzene rings is 2. The van der Waals surface area contributed by atoms with Crippen molar-refractivity contribution in [3.05, 3.63) is 83.9 Å². The topological polar surface area (TPSA) is 76.9 Å². The number of nitrogens with two attached hydrogens (primary N) is 1. The molecule has 3 rings (SSSR count). The molecule has 122 valence electrons. The highest BCUT2D eigenvalue weighted by Crippen LogP contribution is 2.11. The van der Waals surface area contributed by atoms with Crippen LogP contribution in [0.4, 0.5) is 0 Å². The van der Waals surface area contributed by atoms with Crippen LogP contribution in [0.1, 0.15) is 17.0 Å². The maximum atomic E-state index is 7.54. The highest BCUT2D eigenvalue weighted by molar-refractivity contribution is 5.95. The van der Waals surface area contributed by atoms with Crippen LogP contribution >= 0.6 is 0 Å². The molecule has 0 aliphatic carbocycles. The van der Waals surface area contributed by atoms with Crippen molar-refractivity contribution in [1.82, 2.24) is 9.55 Å². The van der Waals surface area contributed by atoms with Gasteiger partial charge in [0.2, 0.25) is 0 Å². The third-order valence-electron chi connectivity index (χ3n) is 3.73. The first-order valence-electron chi connectivity index (χ1n) is 7.83. The smallest absolute Gasteiger partial charge is 0.122 e. The summed E-state index contributed by atoms with van der Waals surface area (Å²) in [5.41, 5.74) is 7.38. The third kappa shape index (κ3) is 4.01. The van der Waals surface area contributed by atoms with Gasteiger partial charge in [-0.25, -0.2) is 4.98 Å². The maximum Gasteiger partial charge on any atom is 0.122 e. The van der Waals surface area contributed by atoms with E-state index >= 15 is 0 Å². The molecule has 5 nitrogen and oxygen atoms in total. The summed E-state index contributed by atoms with van der Waals surface area (Å²) in [5, 5.41) is 7.54. The van der Waals surface area contributed by atoms with Crippen molar-refractivity contribution in [2.24, 2.45) is 5.73 Å². The number of nitrogens with one attached hydrogen (secondary N) is 1. The minimum Gasteiger partial charge on any atom is -0.493 e. The molecule has 0 spiro atoms. The molecule has 0 aliphatic rings. The summed E-state index contributed by atoms with van der Waals surface area (Å²) in [7, 11) is 0. The zero-order valence-electron chi connectivity index (χ0n) is 13.4. The van der Waals surface area contributed by atoms with E-state index in [1.807, 2.05) is 60.8 Å². The van der Waals surface area contributed by atoms with Crippen molar-refractivity contribution < 1.29 is 4.74 Å².